The van der Waals surface area contributed by atoms with Crippen LogP contribution >= 0.6 is 0 Å². The number of carbonyl (C=O) groups is 1. The van der Waals surface area contributed by atoms with Gasteiger partial charge in [0.2, 0.25) is 0 Å². The minimum Gasteiger partial charge on any atom is -0.476 e. The first-order valence-corrected chi connectivity index (χ1v) is 6.05. The van der Waals surface area contributed by atoms with Crippen molar-refractivity contribution in [2.45, 2.75) is 25.7 Å². The second-order valence-corrected chi connectivity index (χ2v) is 4.79. The number of H-pyrrole nitrogens is 1. The molecule has 4 heteroatoms. The van der Waals surface area contributed by atoms with Crippen molar-refractivity contribution in [3.8, 4) is 11.4 Å². The highest BCUT2D eigenvalue weighted by atomic mass is 16.4. The van der Waals surface area contributed by atoms with Crippen LogP contribution in [0.3, 0.4) is 0 Å². The summed E-state index contributed by atoms with van der Waals surface area (Å²) in [4.78, 5) is 18.6. The zero-order valence-corrected chi connectivity index (χ0v) is 10.1. The molecular weight excluding hydrogens is 228 g/mol. The van der Waals surface area contributed by atoms with Crippen molar-refractivity contribution in [3.05, 3.63) is 41.2 Å². The monoisotopic (exact) mass is 242 g/mol. The second kappa shape index (κ2) is 3.98. The van der Waals surface area contributed by atoms with Gasteiger partial charge in [-0.15, -0.1) is 0 Å². The van der Waals surface area contributed by atoms with E-state index in [1.54, 1.807) is 0 Å². The van der Waals surface area contributed by atoms with E-state index >= 15 is 0 Å². The molecule has 18 heavy (non-hydrogen) atoms. The molecule has 0 unspecified atom stereocenters. The van der Waals surface area contributed by atoms with E-state index in [9.17, 15) is 4.79 Å². The average molecular weight is 242 g/mol. The summed E-state index contributed by atoms with van der Waals surface area (Å²) < 4.78 is 0. The lowest BCUT2D eigenvalue weighted by Crippen LogP contribution is -2.00. The number of carboxylic acids is 1. The Bertz CT molecular complexity index is 595. The highest BCUT2D eigenvalue weighted by Crippen LogP contribution is 2.41. The van der Waals surface area contributed by atoms with Crippen LogP contribution in [0.2, 0.25) is 0 Å². The molecular formula is C14H14N2O2. The molecule has 1 aliphatic rings. The summed E-state index contributed by atoms with van der Waals surface area (Å²) in [5, 5.41) is 9.16. The number of carboxylic acid groups (broad SMARTS) is 1. The second-order valence-electron chi connectivity index (χ2n) is 4.79. The first-order chi connectivity index (χ1) is 8.65. The number of aryl methyl sites for hydroxylation is 1. The molecule has 1 aromatic heterocycles. The van der Waals surface area contributed by atoms with Gasteiger partial charge in [0.05, 0.1) is 5.69 Å². The van der Waals surface area contributed by atoms with E-state index in [1.165, 1.54) is 5.56 Å². The number of imidazole rings is 1. The van der Waals surface area contributed by atoms with Crippen molar-refractivity contribution in [2.75, 3.05) is 0 Å². The van der Waals surface area contributed by atoms with Crippen molar-refractivity contribution in [1.29, 1.82) is 0 Å². The zero-order chi connectivity index (χ0) is 12.7. The first-order valence-electron chi connectivity index (χ1n) is 6.05. The Morgan fingerprint density at radius 3 is 2.56 bits per heavy atom. The standard InChI is InChI=1S/C14H14N2O2/c1-8-2-4-10(5-3-8)13-15-11(9-6-7-9)12(16-13)14(17)18/h2-5,9H,6-7H2,1H3,(H,15,16)(H,17,18). The van der Waals surface area contributed by atoms with E-state index in [-0.39, 0.29) is 5.69 Å². The van der Waals surface area contributed by atoms with Crippen molar-refractivity contribution in [2.24, 2.45) is 0 Å². The molecule has 2 aromatic rings. The summed E-state index contributed by atoms with van der Waals surface area (Å²) in [5.41, 5.74) is 3.05. The molecule has 92 valence electrons. The molecule has 4 nitrogen and oxygen atoms in total. The van der Waals surface area contributed by atoms with Gasteiger partial charge in [0.15, 0.2) is 5.69 Å². The maximum absolute atomic E-state index is 11.2. The molecule has 0 saturated heterocycles. The zero-order valence-electron chi connectivity index (χ0n) is 10.1. The molecule has 2 N–H and O–H groups in total. The van der Waals surface area contributed by atoms with Gasteiger partial charge < -0.3 is 10.1 Å². The third kappa shape index (κ3) is 1.90. The Hall–Kier alpha value is -2.10. The number of benzene rings is 1. The van der Waals surface area contributed by atoms with Gasteiger partial charge in [0.1, 0.15) is 5.82 Å². The highest BCUT2D eigenvalue weighted by Gasteiger charge is 2.31. The molecule has 3 rings (SSSR count). The fourth-order valence-corrected chi connectivity index (χ4v) is 2.07. The molecule has 0 bridgehead atoms. The smallest absolute Gasteiger partial charge is 0.356 e. The molecule has 0 spiro atoms. The summed E-state index contributed by atoms with van der Waals surface area (Å²) in [6.07, 6.45) is 2.10. The number of hydrogen-bond donors (Lipinski definition) is 2. The minimum absolute atomic E-state index is 0.174. The summed E-state index contributed by atoms with van der Waals surface area (Å²) in [5.74, 6) is 0.0450. The van der Waals surface area contributed by atoms with Crippen LogP contribution in [0.5, 0.6) is 0 Å². The van der Waals surface area contributed by atoms with Crippen LogP contribution in [0.15, 0.2) is 24.3 Å². The Labute approximate surface area is 105 Å². The van der Waals surface area contributed by atoms with Crippen molar-refractivity contribution < 1.29 is 9.90 Å². The number of hydrogen-bond acceptors (Lipinski definition) is 2. The molecule has 1 fully saturated rings. The Morgan fingerprint density at radius 1 is 1.33 bits per heavy atom. The Balaban J connectivity index is 2.04. The lowest BCUT2D eigenvalue weighted by Gasteiger charge is -1.97. The van der Waals surface area contributed by atoms with E-state index in [0.29, 0.717) is 11.7 Å². The third-order valence-electron chi connectivity index (χ3n) is 3.24. The maximum Gasteiger partial charge on any atom is 0.356 e. The molecule has 0 aliphatic heterocycles. The number of aromatic nitrogens is 2. The van der Waals surface area contributed by atoms with Crippen LogP contribution in [0.25, 0.3) is 11.4 Å². The van der Waals surface area contributed by atoms with Gasteiger partial charge in [-0.1, -0.05) is 29.8 Å². The number of nitrogens with zero attached hydrogens (tertiary/aromatic N) is 1. The van der Waals surface area contributed by atoms with Gasteiger partial charge in [0.25, 0.3) is 0 Å². The molecule has 1 aromatic carbocycles. The van der Waals surface area contributed by atoms with E-state index in [2.05, 4.69) is 9.97 Å². The normalized spacial score (nSPS) is 14.7. The van der Waals surface area contributed by atoms with E-state index in [0.717, 1.165) is 24.1 Å². The van der Waals surface area contributed by atoms with Crippen LogP contribution in [0.1, 0.15) is 40.5 Å². The highest BCUT2D eigenvalue weighted by molar-refractivity contribution is 5.88. The van der Waals surface area contributed by atoms with Gasteiger partial charge in [-0.05, 0) is 19.8 Å². The van der Waals surface area contributed by atoms with E-state index in [4.69, 9.17) is 5.11 Å². The third-order valence-corrected chi connectivity index (χ3v) is 3.24. The van der Waals surface area contributed by atoms with E-state index in [1.807, 2.05) is 31.2 Å². The van der Waals surface area contributed by atoms with Gasteiger partial charge in [-0.25, -0.2) is 9.78 Å². The summed E-state index contributed by atoms with van der Waals surface area (Å²) >= 11 is 0. The number of rotatable bonds is 3. The molecule has 1 heterocycles. The number of aromatic carboxylic acids is 1. The van der Waals surface area contributed by atoms with Gasteiger partial charge in [-0.3, -0.25) is 0 Å². The topological polar surface area (TPSA) is 66.0 Å². The minimum atomic E-state index is -0.952. The SMILES string of the molecule is Cc1ccc(-c2nc(C(=O)O)c(C3CC3)[nH]2)cc1. The predicted octanol–water partition coefficient (Wildman–Crippen LogP) is 2.96. The average Bonchev–Trinajstić information content (AvgIpc) is 3.09. The molecule has 0 radical (unpaired) electrons. The van der Waals surface area contributed by atoms with Crippen LogP contribution in [0.4, 0.5) is 0 Å². The molecule has 1 aliphatic carbocycles. The predicted molar refractivity (Wildman–Crippen MR) is 67.7 cm³/mol. The fourth-order valence-electron chi connectivity index (χ4n) is 2.07. The fraction of sp³-hybridized carbons (Fsp3) is 0.286. The molecule has 0 atom stereocenters. The van der Waals surface area contributed by atoms with E-state index < -0.39 is 5.97 Å². The summed E-state index contributed by atoms with van der Waals surface area (Å²) in [7, 11) is 0. The lowest BCUT2D eigenvalue weighted by molar-refractivity contribution is 0.0690. The summed E-state index contributed by atoms with van der Waals surface area (Å²) in [6.45, 7) is 2.02. The van der Waals surface area contributed by atoms with Crippen LogP contribution < -0.4 is 0 Å². The number of aromatic amines is 1. The molecule has 0 amide bonds. The Morgan fingerprint density at radius 2 is 2.00 bits per heavy atom. The quantitative estimate of drug-likeness (QED) is 0.869. The van der Waals surface area contributed by atoms with Crippen LogP contribution in [-0.2, 0) is 0 Å². The summed E-state index contributed by atoms with van der Waals surface area (Å²) in [6, 6.07) is 7.90. The van der Waals surface area contributed by atoms with Gasteiger partial charge in [0, 0.05) is 11.5 Å². The molecule has 1 saturated carbocycles. The first kappa shape index (κ1) is 11.0. The maximum atomic E-state index is 11.2. The lowest BCUT2D eigenvalue weighted by atomic mass is 10.1. The van der Waals surface area contributed by atoms with Crippen LogP contribution in [-0.4, -0.2) is 21.0 Å². The van der Waals surface area contributed by atoms with Crippen LogP contribution in [0, 0.1) is 6.92 Å². The van der Waals surface area contributed by atoms with Gasteiger partial charge >= 0.3 is 5.97 Å². The van der Waals surface area contributed by atoms with Crippen molar-refractivity contribution in [1.82, 2.24) is 9.97 Å². The van der Waals surface area contributed by atoms with Gasteiger partial charge in [-0.2, -0.15) is 0 Å². The Kier molecular flexibility index (Phi) is 2.44. The van der Waals surface area contributed by atoms with Crippen molar-refractivity contribution in [3.63, 3.8) is 0 Å². The van der Waals surface area contributed by atoms with Crippen molar-refractivity contribution >= 4 is 5.97 Å². The largest absolute Gasteiger partial charge is 0.476 e. The number of nitrogens with one attached hydrogen (secondary N) is 1.